The van der Waals surface area contributed by atoms with Crippen LogP contribution in [0.4, 0.5) is 17.1 Å². The van der Waals surface area contributed by atoms with Crippen molar-refractivity contribution in [1.82, 2.24) is 18.3 Å². The number of aryl methyl sites for hydroxylation is 3. The minimum atomic E-state index is -0.0337. The van der Waals surface area contributed by atoms with Gasteiger partial charge in [0.15, 0.2) is 0 Å². The fourth-order valence-electron chi connectivity index (χ4n) is 13.9. The highest BCUT2D eigenvalue weighted by molar-refractivity contribution is 7.00. The predicted octanol–water partition coefficient (Wildman–Crippen LogP) is 15.6. The van der Waals surface area contributed by atoms with Crippen LogP contribution in [-0.4, -0.2) is 25.0 Å². The second-order valence-electron chi connectivity index (χ2n) is 21.1. The molecule has 0 saturated heterocycles. The molecule has 0 fully saturated rings. The number of hydrogen-bond acceptors (Lipinski definition) is 1. The van der Waals surface area contributed by atoms with Gasteiger partial charge in [0, 0.05) is 88.4 Å². The second-order valence-corrected chi connectivity index (χ2v) is 21.1. The van der Waals surface area contributed by atoms with Crippen molar-refractivity contribution in [2.24, 2.45) is 0 Å². The Morgan fingerprint density at radius 2 is 0.773 bits per heavy atom. The third kappa shape index (κ3) is 5.32. The maximum atomic E-state index is 2.62. The molecule has 4 aromatic heterocycles. The van der Waals surface area contributed by atoms with Crippen LogP contribution in [-0.2, 0) is 0 Å². The number of rotatable bonds is 4. The minimum Gasteiger partial charge on any atom is -0.311 e. The fraction of sp³-hybridized carbons (Fsp3) is 0.0435. The van der Waals surface area contributed by atoms with E-state index in [4.69, 9.17) is 0 Å². The molecule has 15 aromatic rings. The maximum absolute atomic E-state index is 2.62. The zero-order valence-corrected chi connectivity index (χ0v) is 41.7. The molecule has 5 nitrogen and oxygen atoms in total. The zero-order chi connectivity index (χ0) is 49.4. The number of nitrogens with zero attached hydrogens (tertiary/aromatic N) is 5. The van der Waals surface area contributed by atoms with Crippen molar-refractivity contribution >= 4 is 127 Å². The Morgan fingerprint density at radius 1 is 0.280 bits per heavy atom. The molecule has 350 valence electrons. The lowest BCUT2D eigenvalue weighted by Crippen LogP contribution is -2.60. The Bertz CT molecular complexity index is 4900. The topological polar surface area (TPSA) is 23.0 Å². The number of benzene rings is 11. The first-order valence-electron chi connectivity index (χ1n) is 26.2. The quantitative estimate of drug-likeness (QED) is 0.161. The molecule has 0 bridgehead atoms. The minimum absolute atomic E-state index is 0.0337. The average molecular weight is 956 g/mol. The van der Waals surface area contributed by atoms with E-state index in [0.717, 1.165) is 22.7 Å². The van der Waals surface area contributed by atoms with Gasteiger partial charge in [-0.25, -0.2) is 0 Å². The average Bonchev–Trinajstić information content (AvgIpc) is 4.23. The molecule has 6 heteroatoms. The van der Waals surface area contributed by atoms with Crippen LogP contribution in [0, 0.1) is 20.8 Å². The first-order chi connectivity index (χ1) is 37.0. The van der Waals surface area contributed by atoms with E-state index in [-0.39, 0.29) is 6.71 Å². The summed E-state index contributed by atoms with van der Waals surface area (Å²) in [7, 11) is 0. The van der Waals surface area contributed by atoms with Crippen molar-refractivity contribution in [2.45, 2.75) is 20.8 Å². The number of anilines is 3. The van der Waals surface area contributed by atoms with Gasteiger partial charge in [0.1, 0.15) is 0 Å². The fourth-order valence-corrected chi connectivity index (χ4v) is 13.9. The van der Waals surface area contributed by atoms with Gasteiger partial charge >= 0.3 is 0 Å². The van der Waals surface area contributed by atoms with Crippen LogP contribution in [0.15, 0.2) is 224 Å². The second kappa shape index (κ2) is 14.8. The first kappa shape index (κ1) is 41.0. The molecule has 0 unspecified atom stereocenters. The molecule has 0 amide bonds. The van der Waals surface area contributed by atoms with Crippen LogP contribution in [0.3, 0.4) is 0 Å². The third-order valence-corrected chi connectivity index (χ3v) is 16.8. The summed E-state index contributed by atoms with van der Waals surface area (Å²) in [5.74, 6) is 0. The van der Waals surface area contributed by atoms with Gasteiger partial charge < -0.3 is 23.2 Å². The maximum Gasteiger partial charge on any atom is 0.252 e. The first-order valence-corrected chi connectivity index (χ1v) is 26.2. The van der Waals surface area contributed by atoms with Crippen LogP contribution in [0.2, 0.25) is 0 Å². The molecule has 2 aliphatic rings. The number of para-hydroxylation sites is 5. The Hall–Kier alpha value is -9.52. The van der Waals surface area contributed by atoms with Crippen LogP contribution < -0.4 is 21.3 Å². The van der Waals surface area contributed by atoms with E-state index in [1.165, 1.54) is 137 Å². The Labute approximate surface area is 433 Å². The van der Waals surface area contributed by atoms with Crippen LogP contribution in [0.5, 0.6) is 0 Å². The van der Waals surface area contributed by atoms with Gasteiger partial charge in [0.2, 0.25) is 0 Å². The molecule has 6 heterocycles. The molecule has 75 heavy (non-hydrogen) atoms. The molecule has 17 rings (SSSR count). The zero-order valence-electron chi connectivity index (χ0n) is 41.7. The summed E-state index contributed by atoms with van der Waals surface area (Å²) < 4.78 is 10.3. The van der Waals surface area contributed by atoms with E-state index in [1.54, 1.807) is 0 Å². The molecule has 0 atom stereocenters. The molecular formula is C69H46BN5. The van der Waals surface area contributed by atoms with Gasteiger partial charge in [-0.1, -0.05) is 138 Å². The third-order valence-electron chi connectivity index (χ3n) is 16.8. The summed E-state index contributed by atoms with van der Waals surface area (Å²) >= 11 is 0. The van der Waals surface area contributed by atoms with Gasteiger partial charge in [-0.05, 0) is 140 Å². The van der Waals surface area contributed by atoms with Gasteiger partial charge in [-0.2, -0.15) is 0 Å². The highest BCUT2D eigenvalue weighted by atomic mass is 15.2. The van der Waals surface area contributed by atoms with Crippen LogP contribution in [0.1, 0.15) is 16.7 Å². The Balaban J connectivity index is 1.07. The van der Waals surface area contributed by atoms with Gasteiger partial charge in [0.05, 0.1) is 38.6 Å². The monoisotopic (exact) mass is 955 g/mol. The van der Waals surface area contributed by atoms with E-state index in [9.17, 15) is 0 Å². The molecule has 2 aliphatic heterocycles. The molecule has 11 aromatic carbocycles. The van der Waals surface area contributed by atoms with Crippen molar-refractivity contribution in [1.29, 1.82) is 0 Å². The lowest BCUT2D eigenvalue weighted by Gasteiger charge is -2.40. The molecule has 0 radical (unpaired) electrons. The van der Waals surface area contributed by atoms with Crippen LogP contribution >= 0.6 is 0 Å². The van der Waals surface area contributed by atoms with E-state index < -0.39 is 0 Å². The summed E-state index contributed by atoms with van der Waals surface area (Å²) in [5, 5.41) is 10.0. The number of fused-ring (bicyclic) bond motifs is 19. The van der Waals surface area contributed by atoms with E-state index in [2.05, 4.69) is 268 Å². The van der Waals surface area contributed by atoms with E-state index in [0.29, 0.717) is 0 Å². The van der Waals surface area contributed by atoms with Gasteiger partial charge in [0.25, 0.3) is 6.71 Å². The van der Waals surface area contributed by atoms with Crippen molar-refractivity contribution in [3.8, 4) is 22.7 Å². The highest BCUT2D eigenvalue weighted by Crippen LogP contribution is 2.51. The largest absolute Gasteiger partial charge is 0.311 e. The standard InChI is InChI=1S/C69H46BN5/c1-41-29-32-46(33-30-41)71-59-36-34-47(40-53(59)70-54-39-43(3)38-52-51-37-42(2)31-35-58(51)75(66(52)54)61-28-16-27-60(71)65(61)70)74-57-26-15-12-23-50(57)64-68-62(48-21-10-13-24-55(48)72(68)44-17-6-4-7-18-44)67-63(69(64)74)49-22-11-14-25-56(49)73(67)45-19-8-5-9-20-45/h4-40H,1-3H3. The van der Waals surface area contributed by atoms with Crippen molar-refractivity contribution in [2.75, 3.05) is 4.90 Å². The molecule has 0 saturated carbocycles. The lowest BCUT2D eigenvalue weighted by atomic mass is 9.33. The number of hydrogen-bond donors (Lipinski definition) is 0. The normalized spacial score (nSPS) is 12.9. The molecule has 0 aliphatic carbocycles. The predicted molar refractivity (Wildman–Crippen MR) is 317 cm³/mol. The van der Waals surface area contributed by atoms with Gasteiger partial charge in [-0.3, -0.25) is 0 Å². The Kier molecular flexibility index (Phi) is 8.10. The van der Waals surface area contributed by atoms with Crippen molar-refractivity contribution < 1.29 is 0 Å². The number of aromatic nitrogens is 4. The summed E-state index contributed by atoms with van der Waals surface area (Å²) in [6.07, 6.45) is 0. The van der Waals surface area contributed by atoms with E-state index >= 15 is 0 Å². The molecule has 0 N–H and O–H groups in total. The lowest BCUT2D eigenvalue weighted by molar-refractivity contribution is 1.16. The smallest absolute Gasteiger partial charge is 0.252 e. The SMILES string of the molecule is Cc1ccc(N2c3ccc(-n4c5ccccc5c5c6c(c7ccccc7n6-c6ccccc6)c6c(c7ccccc7n6-c6ccccc6)c54)cc3B3c4c2cccc4-n2c4ccc(C)cc4c4cc(C)cc3c42)cc1. The summed E-state index contributed by atoms with van der Waals surface area (Å²) in [4.78, 5) is 2.53. The highest BCUT2D eigenvalue weighted by Gasteiger charge is 2.42. The summed E-state index contributed by atoms with van der Waals surface area (Å²) in [6.45, 7) is 6.64. The molecular weight excluding hydrogens is 910 g/mol. The summed E-state index contributed by atoms with van der Waals surface area (Å²) in [5.41, 5.74) is 25.7. The van der Waals surface area contributed by atoms with Crippen molar-refractivity contribution in [3.63, 3.8) is 0 Å². The van der Waals surface area contributed by atoms with Gasteiger partial charge in [-0.15, -0.1) is 0 Å². The van der Waals surface area contributed by atoms with Crippen molar-refractivity contribution in [3.05, 3.63) is 241 Å². The Morgan fingerprint density at radius 3 is 1.37 bits per heavy atom. The van der Waals surface area contributed by atoms with E-state index in [1.807, 2.05) is 0 Å². The molecule has 0 spiro atoms. The summed E-state index contributed by atoms with van der Waals surface area (Å²) in [6, 6.07) is 84.5. The van der Waals surface area contributed by atoms with Crippen LogP contribution in [0.25, 0.3) is 110 Å².